The first kappa shape index (κ1) is 19.3. The minimum absolute atomic E-state index is 0.0961. The number of aryl methyl sites for hydroxylation is 1. The number of aromatic nitrogens is 9. The van der Waals surface area contributed by atoms with Crippen molar-refractivity contribution in [2.24, 2.45) is 0 Å². The molecular weight excluding hydrogens is 423 g/mol. The standard InChI is InChI=1S/C22H19FN10/c1-3-16-21-30-28-13(2)32(21)17-12-25-22(27-20(17)33(16)18-8-9-26-29-18)31-11-10-24-19(31)14-4-6-15(23)7-5-14/h4-12,16H,3H2,1-2H3,(H,26,29). The molecule has 4 aromatic heterocycles. The van der Waals surface area contributed by atoms with Crippen LogP contribution in [0.3, 0.4) is 0 Å². The van der Waals surface area contributed by atoms with Crippen LogP contribution in [0.5, 0.6) is 0 Å². The van der Waals surface area contributed by atoms with Crippen molar-refractivity contribution in [2.45, 2.75) is 26.3 Å². The fourth-order valence-corrected chi connectivity index (χ4v) is 4.27. The first-order valence-electron chi connectivity index (χ1n) is 10.5. The van der Waals surface area contributed by atoms with Crippen LogP contribution >= 0.6 is 0 Å². The van der Waals surface area contributed by atoms with Crippen molar-refractivity contribution in [1.29, 1.82) is 0 Å². The van der Waals surface area contributed by atoms with Crippen molar-refractivity contribution in [2.75, 3.05) is 4.90 Å². The second-order valence-electron chi connectivity index (χ2n) is 7.68. The van der Waals surface area contributed by atoms with Gasteiger partial charge in [0.05, 0.1) is 18.4 Å². The van der Waals surface area contributed by atoms with Gasteiger partial charge in [-0.05, 0) is 37.6 Å². The van der Waals surface area contributed by atoms with Gasteiger partial charge in [-0.15, -0.1) is 10.2 Å². The number of benzene rings is 1. The largest absolute Gasteiger partial charge is 0.299 e. The highest BCUT2D eigenvalue weighted by molar-refractivity contribution is 5.70. The Hall–Kier alpha value is -4.41. The summed E-state index contributed by atoms with van der Waals surface area (Å²) in [6.07, 6.45) is 7.71. The first-order valence-corrected chi connectivity index (χ1v) is 10.5. The molecule has 1 atom stereocenters. The monoisotopic (exact) mass is 442 g/mol. The second-order valence-corrected chi connectivity index (χ2v) is 7.68. The molecule has 5 heterocycles. The average Bonchev–Trinajstić information content (AvgIpc) is 3.60. The number of hydrogen-bond donors (Lipinski definition) is 1. The Bertz CT molecular complexity index is 1430. The Labute approximate surface area is 187 Å². The molecule has 0 radical (unpaired) electrons. The van der Waals surface area contributed by atoms with E-state index in [-0.39, 0.29) is 11.9 Å². The number of hydrogen-bond acceptors (Lipinski definition) is 7. The summed E-state index contributed by atoms with van der Waals surface area (Å²) in [6, 6.07) is 7.98. The number of H-pyrrole nitrogens is 1. The Balaban J connectivity index is 1.55. The van der Waals surface area contributed by atoms with Crippen LogP contribution in [-0.4, -0.2) is 44.5 Å². The van der Waals surface area contributed by atoms with E-state index in [0.717, 1.165) is 35.1 Å². The number of imidazole rings is 1. The van der Waals surface area contributed by atoms with Crippen LogP contribution in [0, 0.1) is 12.7 Å². The number of fused-ring (bicyclic) bond motifs is 3. The van der Waals surface area contributed by atoms with E-state index in [9.17, 15) is 4.39 Å². The van der Waals surface area contributed by atoms with Crippen LogP contribution in [0.15, 0.2) is 55.1 Å². The van der Waals surface area contributed by atoms with E-state index in [1.54, 1.807) is 41.5 Å². The third-order valence-corrected chi connectivity index (χ3v) is 5.76. The quantitative estimate of drug-likeness (QED) is 0.452. The molecule has 11 heteroatoms. The van der Waals surface area contributed by atoms with Gasteiger partial charge in [0.2, 0.25) is 5.95 Å². The topological polar surface area (TPSA) is 106 Å². The third-order valence-electron chi connectivity index (χ3n) is 5.76. The van der Waals surface area contributed by atoms with Crippen molar-refractivity contribution >= 4 is 11.6 Å². The summed E-state index contributed by atoms with van der Waals surface area (Å²) in [5, 5.41) is 15.9. The number of halogens is 1. The van der Waals surface area contributed by atoms with E-state index in [4.69, 9.17) is 4.98 Å². The molecule has 164 valence electrons. The molecule has 0 fully saturated rings. The van der Waals surface area contributed by atoms with E-state index in [2.05, 4.69) is 42.2 Å². The van der Waals surface area contributed by atoms with Crippen LogP contribution in [0.4, 0.5) is 16.0 Å². The molecular formula is C22H19FN10. The maximum absolute atomic E-state index is 13.4. The molecule has 0 saturated heterocycles. The Morgan fingerprint density at radius 3 is 2.67 bits per heavy atom. The van der Waals surface area contributed by atoms with Gasteiger partial charge in [0.1, 0.15) is 29.0 Å². The zero-order chi connectivity index (χ0) is 22.5. The Morgan fingerprint density at radius 1 is 1.06 bits per heavy atom. The van der Waals surface area contributed by atoms with E-state index < -0.39 is 0 Å². The number of rotatable bonds is 4. The molecule has 1 unspecified atom stereocenters. The van der Waals surface area contributed by atoms with Gasteiger partial charge in [0.25, 0.3) is 0 Å². The molecule has 0 saturated carbocycles. The molecule has 1 aliphatic rings. The molecule has 0 spiro atoms. The molecule has 0 bridgehead atoms. The maximum Gasteiger partial charge on any atom is 0.237 e. The third kappa shape index (κ3) is 2.93. The summed E-state index contributed by atoms with van der Waals surface area (Å²) in [7, 11) is 0. The molecule has 0 aliphatic carbocycles. The van der Waals surface area contributed by atoms with Crippen LogP contribution in [-0.2, 0) is 0 Å². The summed E-state index contributed by atoms with van der Waals surface area (Å²) in [4.78, 5) is 16.1. The van der Waals surface area contributed by atoms with E-state index in [1.165, 1.54) is 12.1 Å². The van der Waals surface area contributed by atoms with E-state index in [1.807, 2.05) is 17.6 Å². The summed E-state index contributed by atoms with van der Waals surface area (Å²) < 4.78 is 17.2. The lowest BCUT2D eigenvalue weighted by molar-refractivity contribution is 0.581. The molecule has 0 amide bonds. The highest BCUT2D eigenvalue weighted by Gasteiger charge is 2.36. The van der Waals surface area contributed by atoms with E-state index >= 15 is 0 Å². The molecule has 1 N–H and O–H groups in total. The molecule has 5 aromatic rings. The minimum atomic E-state index is -0.303. The van der Waals surface area contributed by atoms with Gasteiger partial charge in [-0.1, -0.05) is 6.92 Å². The molecule has 10 nitrogen and oxygen atoms in total. The zero-order valence-electron chi connectivity index (χ0n) is 17.9. The van der Waals surface area contributed by atoms with Crippen LogP contribution in [0.1, 0.15) is 31.0 Å². The minimum Gasteiger partial charge on any atom is -0.299 e. The fourth-order valence-electron chi connectivity index (χ4n) is 4.27. The lowest BCUT2D eigenvalue weighted by atomic mass is 10.1. The zero-order valence-corrected chi connectivity index (χ0v) is 17.9. The van der Waals surface area contributed by atoms with Gasteiger partial charge in [-0.25, -0.2) is 14.4 Å². The molecule has 1 aliphatic heterocycles. The normalized spacial score (nSPS) is 14.9. The van der Waals surface area contributed by atoms with Crippen LogP contribution in [0.2, 0.25) is 0 Å². The van der Waals surface area contributed by atoms with Gasteiger partial charge in [-0.3, -0.25) is 19.1 Å². The molecule has 1 aromatic carbocycles. The highest BCUT2D eigenvalue weighted by Crippen LogP contribution is 2.42. The average molecular weight is 442 g/mol. The SMILES string of the molecule is CCC1c2nnc(C)n2-c2cnc(-n3ccnc3-c3ccc(F)cc3)nc2N1c1ccn[nH]1. The van der Waals surface area contributed by atoms with Crippen molar-refractivity contribution in [3.63, 3.8) is 0 Å². The van der Waals surface area contributed by atoms with Gasteiger partial charge in [-0.2, -0.15) is 10.1 Å². The molecule has 33 heavy (non-hydrogen) atoms. The van der Waals surface area contributed by atoms with E-state index in [0.29, 0.717) is 17.6 Å². The number of anilines is 2. The predicted octanol–water partition coefficient (Wildman–Crippen LogP) is 3.68. The van der Waals surface area contributed by atoms with Gasteiger partial charge >= 0.3 is 0 Å². The van der Waals surface area contributed by atoms with Gasteiger partial charge in [0, 0.05) is 24.0 Å². The lowest BCUT2D eigenvalue weighted by Gasteiger charge is -2.35. The molecule has 6 rings (SSSR count). The predicted molar refractivity (Wildman–Crippen MR) is 118 cm³/mol. The van der Waals surface area contributed by atoms with Crippen molar-refractivity contribution < 1.29 is 4.39 Å². The number of aromatic amines is 1. The summed E-state index contributed by atoms with van der Waals surface area (Å²) in [5.41, 5.74) is 1.54. The second kappa shape index (κ2) is 7.33. The van der Waals surface area contributed by atoms with Crippen molar-refractivity contribution in [3.8, 4) is 23.0 Å². The lowest BCUT2D eigenvalue weighted by Crippen LogP contribution is -2.33. The first-order chi connectivity index (χ1) is 16.2. The van der Waals surface area contributed by atoms with Crippen LogP contribution < -0.4 is 4.90 Å². The Morgan fingerprint density at radius 2 is 1.91 bits per heavy atom. The highest BCUT2D eigenvalue weighted by atomic mass is 19.1. The van der Waals surface area contributed by atoms with Crippen LogP contribution in [0.25, 0.3) is 23.0 Å². The summed E-state index contributed by atoms with van der Waals surface area (Å²) in [5.74, 6) is 3.84. The number of nitrogens with one attached hydrogen (secondary N) is 1. The van der Waals surface area contributed by atoms with Crippen molar-refractivity contribution in [1.82, 2.24) is 44.5 Å². The summed E-state index contributed by atoms with van der Waals surface area (Å²) in [6.45, 7) is 4.01. The Kier molecular flexibility index (Phi) is 4.28. The smallest absolute Gasteiger partial charge is 0.237 e. The summed E-state index contributed by atoms with van der Waals surface area (Å²) >= 11 is 0. The van der Waals surface area contributed by atoms with Gasteiger partial charge < -0.3 is 0 Å². The maximum atomic E-state index is 13.4. The number of nitrogens with zero attached hydrogens (tertiary/aromatic N) is 9. The fraction of sp³-hybridized carbons (Fsp3) is 0.182. The van der Waals surface area contributed by atoms with Crippen molar-refractivity contribution in [3.05, 3.63) is 72.6 Å². The van der Waals surface area contributed by atoms with Gasteiger partial charge in [0.15, 0.2) is 11.6 Å².